The molecule has 1 aliphatic heterocycles. The number of nitrogens with one attached hydrogen (secondary N) is 1. The van der Waals surface area contributed by atoms with Gasteiger partial charge in [-0.3, -0.25) is 14.0 Å². The smallest absolute Gasteiger partial charge is 0.239 e. The van der Waals surface area contributed by atoms with Crippen molar-refractivity contribution in [3.05, 3.63) is 53.8 Å². The highest BCUT2D eigenvalue weighted by atomic mass is 32.1. The van der Waals surface area contributed by atoms with Gasteiger partial charge >= 0.3 is 0 Å². The van der Waals surface area contributed by atoms with Crippen LogP contribution in [0.5, 0.6) is 0 Å². The van der Waals surface area contributed by atoms with Gasteiger partial charge in [-0.2, -0.15) is 0 Å². The van der Waals surface area contributed by atoms with E-state index in [1.807, 2.05) is 52.5 Å². The van der Waals surface area contributed by atoms with Crippen molar-refractivity contribution in [1.29, 1.82) is 0 Å². The van der Waals surface area contributed by atoms with Crippen molar-refractivity contribution >= 4 is 33.8 Å². The van der Waals surface area contributed by atoms with Crippen LogP contribution in [0.2, 0.25) is 0 Å². The van der Waals surface area contributed by atoms with Gasteiger partial charge in [-0.15, -0.1) is 11.3 Å². The second-order valence-corrected chi connectivity index (χ2v) is 6.91. The number of hydrogen-bond acceptors (Lipinski definition) is 4. The Morgan fingerprint density at radius 2 is 2.16 bits per heavy atom. The van der Waals surface area contributed by atoms with Crippen molar-refractivity contribution in [3.63, 3.8) is 0 Å². The number of rotatable bonds is 5. The maximum Gasteiger partial charge on any atom is 0.239 e. The highest BCUT2D eigenvalue weighted by Crippen LogP contribution is 2.25. The normalized spacial score (nSPS) is 17.4. The fraction of sp³-hybridized carbons (Fsp3) is 0.278. The molecular formula is C18H18N4O2S. The molecule has 0 spiro atoms. The lowest BCUT2D eigenvalue weighted by Gasteiger charge is -2.16. The number of amides is 2. The van der Waals surface area contributed by atoms with E-state index in [0.717, 1.165) is 16.3 Å². The molecule has 0 radical (unpaired) electrons. The molecule has 3 aromatic rings. The van der Waals surface area contributed by atoms with E-state index in [0.29, 0.717) is 25.9 Å². The van der Waals surface area contributed by atoms with E-state index in [1.165, 1.54) is 0 Å². The number of para-hydroxylation sites is 1. The lowest BCUT2D eigenvalue weighted by atomic mass is 10.1. The van der Waals surface area contributed by atoms with E-state index in [2.05, 4.69) is 10.3 Å². The summed E-state index contributed by atoms with van der Waals surface area (Å²) >= 11 is 1.58. The number of carbonyl (C=O) groups is 2. The molecule has 3 heterocycles. The first kappa shape index (κ1) is 15.8. The van der Waals surface area contributed by atoms with Crippen LogP contribution in [-0.2, 0) is 16.0 Å². The number of thiazole rings is 1. The van der Waals surface area contributed by atoms with Crippen molar-refractivity contribution in [2.75, 3.05) is 18.0 Å². The van der Waals surface area contributed by atoms with Crippen molar-refractivity contribution in [1.82, 2.24) is 14.7 Å². The number of imidazole rings is 1. The summed E-state index contributed by atoms with van der Waals surface area (Å²) in [4.78, 5) is 32.0. The van der Waals surface area contributed by atoms with Gasteiger partial charge in [0.25, 0.3) is 0 Å². The number of aromatic nitrogens is 2. The van der Waals surface area contributed by atoms with Crippen LogP contribution in [0.15, 0.2) is 48.1 Å². The van der Waals surface area contributed by atoms with Gasteiger partial charge in [0.2, 0.25) is 11.8 Å². The van der Waals surface area contributed by atoms with Crippen LogP contribution in [0, 0.1) is 5.92 Å². The van der Waals surface area contributed by atoms with Crippen molar-refractivity contribution in [2.45, 2.75) is 12.8 Å². The summed E-state index contributed by atoms with van der Waals surface area (Å²) < 4.78 is 1.97. The average Bonchev–Trinajstić information content (AvgIpc) is 3.30. The molecule has 0 saturated carbocycles. The third-order valence-electron chi connectivity index (χ3n) is 4.41. The van der Waals surface area contributed by atoms with Gasteiger partial charge in [-0.1, -0.05) is 18.2 Å². The molecule has 2 aromatic heterocycles. The summed E-state index contributed by atoms with van der Waals surface area (Å²) in [5.74, 6) is -0.902. The predicted octanol–water partition coefficient (Wildman–Crippen LogP) is 2.11. The van der Waals surface area contributed by atoms with Gasteiger partial charge in [-0.05, 0) is 18.6 Å². The zero-order chi connectivity index (χ0) is 17.2. The molecule has 4 rings (SSSR count). The Hall–Kier alpha value is -2.67. The molecule has 7 heteroatoms. The third kappa shape index (κ3) is 3.15. The molecule has 6 nitrogen and oxygen atoms in total. The van der Waals surface area contributed by atoms with Crippen LogP contribution < -0.4 is 10.2 Å². The standard InChI is InChI=1S/C18H18N4O2S/c23-16(19-8-6-13-12-21-10-11-25-18(21)20-13)15-7-9-22(17(15)24)14-4-2-1-3-5-14/h1-5,10-12,15H,6-9H2,(H,19,23)/t15-/m0/s1. The van der Waals surface area contributed by atoms with Gasteiger partial charge in [0, 0.05) is 43.0 Å². The summed E-state index contributed by atoms with van der Waals surface area (Å²) in [6.45, 7) is 1.07. The molecule has 2 amide bonds. The fourth-order valence-electron chi connectivity index (χ4n) is 3.12. The van der Waals surface area contributed by atoms with E-state index in [4.69, 9.17) is 0 Å². The molecule has 1 N–H and O–H groups in total. The van der Waals surface area contributed by atoms with E-state index >= 15 is 0 Å². The predicted molar refractivity (Wildman–Crippen MR) is 96.7 cm³/mol. The van der Waals surface area contributed by atoms with Crippen LogP contribution in [0.3, 0.4) is 0 Å². The number of nitrogens with zero attached hydrogens (tertiary/aromatic N) is 3. The highest BCUT2D eigenvalue weighted by Gasteiger charge is 2.37. The second kappa shape index (κ2) is 6.68. The highest BCUT2D eigenvalue weighted by molar-refractivity contribution is 7.15. The van der Waals surface area contributed by atoms with Crippen LogP contribution >= 0.6 is 11.3 Å². The zero-order valence-electron chi connectivity index (χ0n) is 13.6. The maximum absolute atomic E-state index is 12.5. The third-order valence-corrected chi connectivity index (χ3v) is 5.18. The Balaban J connectivity index is 1.32. The summed E-state index contributed by atoms with van der Waals surface area (Å²) in [7, 11) is 0. The molecule has 128 valence electrons. The van der Waals surface area contributed by atoms with Gasteiger partial charge in [0.1, 0.15) is 5.92 Å². The molecule has 25 heavy (non-hydrogen) atoms. The summed E-state index contributed by atoms with van der Waals surface area (Å²) in [5.41, 5.74) is 1.79. The first-order valence-electron chi connectivity index (χ1n) is 8.27. The van der Waals surface area contributed by atoms with Crippen molar-refractivity contribution < 1.29 is 9.59 Å². The first-order valence-corrected chi connectivity index (χ1v) is 9.15. The number of hydrogen-bond donors (Lipinski definition) is 1. The van der Waals surface area contributed by atoms with E-state index in [-0.39, 0.29) is 11.8 Å². The summed E-state index contributed by atoms with van der Waals surface area (Å²) in [6, 6.07) is 9.48. The minimum atomic E-state index is -0.592. The summed E-state index contributed by atoms with van der Waals surface area (Å²) in [5, 5.41) is 4.86. The van der Waals surface area contributed by atoms with Gasteiger partial charge < -0.3 is 10.2 Å². The topological polar surface area (TPSA) is 66.7 Å². The van der Waals surface area contributed by atoms with Crippen LogP contribution in [0.4, 0.5) is 5.69 Å². The number of anilines is 1. The number of benzene rings is 1. The molecule has 0 bridgehead atoms. The van der Waals surface area contributed by atoms with Crippen LogP contribution in [0.25, 0.3) is 4.96 Å². The van der Waals surface area contributed by atoms with Crippen LogP contribution in [0.1, 0.15) is 12.1 Å². The average molecular weight is 354 g/mol. The molecule has 1 fully saturated rings. The Bertz CT molecular complexity index is 874. The minimum Gasteiger partial charge on any atom is -0.355 e. The molecular weight excluding hydrogens is 336 g/mol. The largest absolute Gasteiger partial charge is 0.355 e. The first-order chi connectivity index (χ1) is 12.2. The van der Waals surface area contributed by atoms with E-state index < -0.39 is 5.92 Å². The fourth-order valence-corrected chi connectivity index (χ4v) is 3.84. The monoisotopic (exact) mass is 354 g/mol. The molecule has 1 aromatic carbocycles. The summed E-state index contributed by atoms with van der Waals surface area (Å²) in [6.07, 6.45) is 5.14. The quantitative estimate of drug-likeness (QED) is 0.714. The molecule has 1 saturated heterocycles. The van der Waals surface area contributed by atoms with Gasteiger partial charge in [-0.25, -0.2) is 4.98 Å². The Morgan fingerprint density at radius 3 is 2.96 bits per heavy atom. The maximum atomic E-state index is 12.5. The van der Waals surface area contributed by atoms with Crippen molar-refractivity contribution in [2.24, 2.45) is 5.92 Å². The Kier molecular flexibility index (Phi) is 4.23. The lowest BCUT2D eigenvalue weighted by Crippen LogP contribution is -2.37. The lowest BCUT2D eigenvalue weighted by molar-refractivity contribution is -0.132. The second-order valence-electron chi connectivity index (χ2n) is 6.03. The molecule has 0 aliphatic carbocycles. The van der Waals surface area contributed by atoms with E-state index in [9.17, 15) is 9.59 Å². The SMILES string of the molecule is O=C(NCCc1cn2ccsc2n1)[C@@H]1CCN(c2ccccc2)C1=O. The van der Waals surface area contributed by atoms with Gasteiger partial charge in [0.05, 0.1) is 5.69 Å². The number of fused-ring (bicyclic) bond motifs is 1. The number of carbonyl (C=O) groups excluding carboxylic acids is 2. The Morgan fingerprint density at radius 1 is 1.32 bits per heavy atom. The zero-order valence-corrected chi connectivity index (χ0v) is 14.4. The Labute approximate surface area is 149 Å². The molecule has 1 aliphatic rings. The minimum absolute atomic E-state index is 0.119. The van der Waals surface area contributed by atoms with Gasteiger partial charge in [0.15, 0.2) is 4.96 Å². The van der Waals surface area contributed by atoms with Crippen LogP contribution in [-0.4, -0.2) is 34.3 Å². The molecule has 0 unspecified atom stereocenters. The van der Waals surface area contributed by atoms with E-state index in [1.54, 1.807) is 16.2 Å². The molecule has 1 atom stereocenters. The van der Waals surface area contributed by atoms with Crippen molar-refractivity contribution in [3.8, 4) is 0 Å².